The first kappa shape index (κ1) is 10.4. The van der Waals surface area contributed by atoms with Crippen LogP contribution < -0.4 is 11.1 Å². The molecule has 1 saturated carbocycles. The van der Waals surface area contributed by atoms with Gasteiger partial charge in [0.15, 0.2) is 0 Å². The van der Waals surface area contributed by atoms with E-state index in [1.165, 1.54) is 12.8 Å². The van der Waals surface area contributed by atoms with Crippen LogP contribution in [-0.4, -0.2) is 23.1 Å². The van der Waals surface area contributed by atoms with Gasteiger partial charge < -0.3 is 11.1 Å². The molecule has 1 aromatic rings. The molecule has 0 aromatic carbocycles. The molecular formula is C11H18N4. The number of hydrogen-bond acceptors (Lipinski definition) is 4. The van der Waals surface area contributed by atoms with Gasteiger partial charge in [0.25, 0.3) is 0 Å². The Labute approximate surface area is 90.3 Å². The van der Waals surface area contributed by atoms with Gasteiger partial charge in [0.05, 0.1) is 0 Å². The van der Waals surface area contributed by atoms with E-state index in [0.717, 1.165) is 30.4 Å². The van der Waals surface area contributed by atoms with Gasteiger partial charge in [0.1, 0.15) is 11.6 Å². The smallest absolute Gasteiger partial charge is 0.129 e. The van der Waals surface area contributed by atoms with Gasteiger partial charge in [-0.3, -0.25) is 0 Å². The van der Waals surface area contributed by atoms with Gasteiger partial charge >= 0.3 is 0 Å². The van der Waals surface area contributed by atoms with E-state index in [1.54, 1.807) is 0 Å². The van der Waals surface area contributed by atoms with Crippen molar-refractivity contribution < 1.29 is 0 Å². The van der Waals surface area contributed by atoms with E-state index in [9.17, 15) is 0 Å². The molecule has 0 atom stereocenters. The maximum atomic E-state index is 5.72. The van der Waals surface area contributed by atoms with Crippen LogP contribution in [0.25, 0.3) is 0 Å². The molecule has 4 heteroatoms. The molecule has 1 fully saturated rings. The fourth-order valence-electron chi connectivity index (χ4n) is 1.72. The van der Waals surface area contributed by atoms with Gasteiger partial charge in [0, 0.05) is 18.3 Å². The van der Waals surface area contributed by atoms with Crippen molar-refractivity contribution in [3.63, 3.8) is 0 Å². The Morgan fingerprint density at radius 1 is 1.40 bits per heavy atom. The second-order valence-electron chi connectivity index (χ2n) is 4.50. The molecule has 1 aliphatic carbocycles. The summed E-state index contributed by atoms with van der Waals surface area (Å²) in [5.74, 6) is 1.73. The maximum Gasteiger partial charge on any atom is 0.129 e. The lowest BCUT2D eigenvalue weighted by Crippen LogP contribution is -2.24. The van der Waals surface area contributed by atoms with Crippen LogP contribution in [0.3, 0.4) is 0 Å². The van der Waals surface area contributed by atoms with E-state index in [2.05, 4.69) is 15.3 Å². The molecule has 0 unspecified atom stereocenters. The topological polar surface area (TPSA) is 63.8 Å². The Bertz CT molecular complexity index is 337. The zero-order valence-corrected chi connectivity index (χ0v) is 9.38. The molecule has 0 radical (unpaired) electrons. The summed E-state index contributed by atoms with van der Waals surface area (Å²) in [7, 11) is 0. The van der Waals surface area contributed by atoms with Gasteiger partial charge in [-0.1, -0.05) is 0 Å². The number of anilines is 1. The number of nitrogens with two attached hydrogens (primary N) is 1. The van der Waals surface area contributed by atoms with Crippen LogP contribution >= 0.6 is 0 Å². The van der Waals surface area contributed by atoms with Gasteiger partial charge in [-0.25, -0.2) is 9.97 Å². The van der Waals surface area contributed by atoms with Crippen LogP contribution in [0.15, 0.2) is 6.07 Å². The van der Waals surface area contributed by atoms with Crippen molar-refractivity contribution >= 4 is 5.82 Å². The Balaban J connectivity index is 1.99. The highest BCUT2D eigenvalue weighted by Crippen LogP contribution is 2.44. The van der Waals surface area contributed by atoms with Crippen molar-refractivity contribution in [2.24, 2.45) is 11.1 Å². The first-order chi connectivity index (χ1) is 7.13. The van der Waals surface area contributed by atoms with Crippen molar-refractivity contribution in [3.8, 4) is 0 Å². The van der Waals surface area contributed by atoms with E-state index in [0.29, 0.717) is 5.41 Å². The van der Waals surface area contributed by atoms with Crippen LogP contribution in [0.1, 0.15) is 24.4 Å². The van der Waals surface area contributed by atoms with Crippen LogP contribution in [0.2, 0.25) is 0 Å². The molecule has 3 N–H and O–H groups in total. The van der Waals surface area contributed by atoms with Crippen molar-refractivity contribution in [2.75, 3.05) is 18.4 Å². The largest absolute Gasteiger partial charge is 0.369 e. The van der Waals surface area contributed by atoms with Gasteiger partial charge in [-0.2, -0.15) is 0 Å². The third kappa shape index (κ3) is 2.45. The average Bonchev–Trinajstić information content (AvgIpc) is 2.94. The highest BCUT2D eigenvalue weighted by Gasteiger charge is 2.40. The van der Waals surface area contributed by atoms with Crippen LogP contribution in [0, 0.1) is 19.3 Å². The second kappa shape index (κ2) is 3.77. The lowest BCUT2D eigenvalue weighted by atomic mass is 10.1. The van der Waals surface area contributed by atoms with Gasteiger partial charge in [0.2, 0.25) is 0 Å². The summed E-state index contributed by atoms with van der Waals surface area (Å²) < 4.78 is 0. The SMILES string of the molecule is Cc1cc(NCC2(CN)CC2)nc(C)n1. The van der Waals surface area contributed by atoms with Crippen molar-refractivity contribution in [2.45, 2.75) is 26.7 Å². The highest BCUT2D eigenvalue weighted by atomic mass is 15.0. The minimum Gasteiger partial charge on any atom is -0.369 e. The second-order valence-corrected chi connectivity index (χ2v) is 4.50. The Morgan fingerprint density at radius 3 is 2.67 bits per heavy atom. The number of aryl methyl sites for hydroxylation is 2. The monoisotopic (exact) mass is 206 g/mol. The Hall–Kier alpha value is -1.16. The van der Waals surface area contributed by atoms with E-state index in [-0.39, 0.29) is 0 Å². The molecule has 15 heavy (non-hydrogen) atoms. The summed E-state index contributed by atoms with van der Waals surface area (Å²) in [6.07, 6.45) is 2.47. The van der Waals surface area contributed by atoms with E-state index < -0.39 is 0 Å². The van der Waals surface area contributed by atoms with Crippen molar-refractivity contribution in [1.29, 1.82) is 0 Å². The summed E-state index contributed by atoms with van der Waals surface area (Å²) in [6, 6.07) is 1.97. The van der Waals surface area contributed by atoms with Crippen LogP contribution in [-0.2, 0) is 0 Å². The van der Waals surface area contributed by atoms with Crippen molar-refractivity contribution in [1.82, 2.24) is 9.97 Å². The first-order valence-electron chi connectivity index (χ1n) is 5.40. The summed E-state index contributed by atoms with van der Waals surface area (Å²) in [6.45, 7) is 5.59. The molecule has 2 rings (SSSR count). The minimum absolute atomic E-state index is 0.340. The molecule has 0 spiro atoms. The fraction of sp³-hybridized carbons (Fsp3) is 0.636. The molecule has 0 saturated heterocycles. The minimum atomic E-state index is 0.340. The molecule has 0 bridgehead atoms. The Kier molecular flexibility index (Phi) is 2.61. The number of nitrogens with one attached hydrogen (secondary N) is 1. The molecule has 1 heterocycles. The average molecular weight is 206 g/mol. The van der Waals surface area contributed by atoms with Crippen LogP contribution in [0.4, 0.5) is 5.82 Å². The third-order valence-electron chi connectivity index (χ3n) is 3.00. The van der Waals surface area contributed by atoms with E-state index in [4.69, 9.17) is 5.73 Å². The molecule has 0 aliphatic heterocycles. The molecule has 82 valence electrons. The fourth-order valence-corrected chi connectivity index (χ4v) is 1.72. The Morgan fingerprint density at radius 2 is 2.13 bits per heavy atom. The normalized spacial score (nSPS) is 17.5. The zero-order chi connectivity index (χ0) is 10.9. The standard InChI is InChI=1S/C11H18N4/c1-8-5-10(15-9(2)14-8)13-7-11(6-12)3-4-11/h5H,3-4,6-7,12H2,1-2H3,(H,13,14,15). The van der Waals surface area contributed by atoms with Gasteiger partial charge in [-0.05, 0) is 38.6 Å². The summed E-state index contributed by atoms with van der Waals surface area (Å²) in [5.41, 5.74) is 7.06. The first-order valence-corrected chi connectivity index (χ1v) is 5.40. The van der Waals surface area contributed by atoms with E-state index >= 15 is 0 Å². The number of rotatable bonds is 4. The third-order valence-corrected chi connectivity index (χ3v) is 3.00. The van der Waals surface area contributed by atoms with Crippen molar-refractivity contribution in [3.05, 3.63) is 17.6 Å². The molecular weight excluding hydrogens is 188 g/mol. The lowest BCUT2D eigenvalue weighted by Gasteiger charge is -2.14. The molecule has 4 nitrogen and oxygen atoms in total. The predicted molar refractivity (Wildman–Crippen MR) is 60.7 cm³/mol. The number of hydrogen-bond donors (Lipinski definition) is 2. The molecule has 0 amide bonds. The summed E-state index contributed by atoms with van der Waals surface area (Å²) in [5, 5.41) is 3.35. The lowest BCUT2D eigenvalue weighted by molar-refractivity contribution is 0.554. The number of aromatic nitrogens is 2. The highest BCUT2D eigenvalue weighted by molar-refractivity contribution is 5.36. The molecule has 1 aliphatic rings. The van der Waals surface area contributed by atoms with Crippen LogP contribution in [0.5, 0.6) is 0 Å². The quantitative estimate of drug-likeness (QED) is 0.778. The predicted octanol–water partition coefficient (Wildman–Crippen LogP) is 1.24. The zero-order valence-electron chi connectivity index (χ0n) is 9.38. The van der Waals surface area contributed by atoms with Gasteiger partial charge in [-0.15, -0.1) is 0 Å². The number of nitrogens with zero attached hydrogens (tertiary/aromatic N) is 2. The maximum absolute atomic E-state index is 5.72. The van der Waals surface area contributed by atoms with E-state index in [1.807, 2.05) is 19.9 Å². The summed E-state index contributed by atoms with van der Waals surface area (Å²) in [4.78, 5) is 8.57. The molecule has 1 aromatic heterocycles. The summed E-state index contributed by atoms with van der Waals surface area (Å²) >= 11 is 0.